The van der Waals surface area contributed by atoms with Crippen molar-refractivity contribution >= 4 is 44.0 Å². The Hall–Kier alpha value is -5.86. The largest absolute Gasteiger partial charge is 0.489 e. The van der Waals surface area contributed by atoms with Gasteiger partial charge in [-0.15, -0.1) is 4.91 Å². The number of carbonyl (C=O) groups is 1. The summed E-state index contributed by atoms with van der Waals surface area (Å²) in [6, 6.07) is 18.7. The molecule has 1 spiro atoms. The zero-order valence-electron chi connectivity index (χ0n) is 43.1. The zero-order valence-corrected chi connectivity index (χ0v) is 43.9. The lowest BCUT2D eigenvalue weighted by molar-refractivity contribution is -0.0227. The number of morpholine rings is 1. The molecule has 2 aromatic heterocycles. The molecule has 2 saturated carbocycles. The highest BCUT2D eigenvalue weighted by Gasteiger charge is 2.50. The van der Waals surface area contributed by atoms with E-state index in [1.807, 2.05) is 6.92 Å². The van der Waals surface area contributed by atoms with Crippen molar-refractivity contribution in [2.75, 3.05) is 75.9 Å². The summed E-state index contributed by atoms with van der Waals surface area (Å²) >= 11 is 0. The second-order valence-electron chi connectivity index (χ2n) is 22.4. The van der Waals surface area contributed by atoms with Crippen molar-refractivity contribution in [1.82, 2.24) is 24.5 Å². The van der Waals surface area contributed by atoms with Crippen molar-refractivity contribution in [3.05, 3.63) is 94.3 Å². The molecule has 4 N–H and O–H groups in total. The molecule has 19 heteroatoms. The Labute approximate surface area is 437 Å². The van der Waals surface area contributed by atoms with Crippen LogP contribution in [0.4, 0.5) is 21.5 Å². The molecule has 11 rings (SSSR count). The number of benzene rings is 3. The molecular formula is C56H69FN8O9S. The Balaban J connectivity index is 0.841. The number of pyridine rings is 1. The monoisotopic (exact) mass is 1050 g/mol. The summed E-state index contributed by atoms with van der Waals surface area (Å²) in [7, 11) is -4.65. The van der Waals surface area contributed by atoms with E-state index in [9.17, 15) is 23.2 Å². The lowest BCUT2D eigenvalue weighted by atomic mass is 9.59. The third-order valence-electron chi connectivity index (χ3n) is 17.1. The summed E-state index contributed by atoms with van der Waals surface area (Å²) in [5.41, 5.74) is 3.42. The predicted molar refractivity (Wildman–Crippen MR) is 283 cm³/mol. The summed E-state index contributed by atoms with van der Waals surface area (Å²) in [6.45, 7) is 12.8. The lowest BCUT2D eigenvalue weighted by Gasteiger charge is -2.56. The average Bonchev–Trinajstić information content (AvgIpc) is 4.04. The number of H-pyrrole nitrogens is 1. The van der Waals surface area contributed by atoms with Crippen LogP contribution in [-0.4, -0.2) is 123 Å². The third-order valence-corrected chi connectivity index (χ3v) is 18.4. The van der Waals surface area contributed by atoms with Gasteiger partial charge in [0.2, 0.25) is 0 Å². The maximum Gasteiger partial charge on any atom is 0.268 e. The number of anilines is 2. The van der Waals surface area contributed by atoms with E-state index in [0.717, 1.165) is 83.0 Å². The van der Waals surface area contributed by atoms with E-state index in [1.54, 1.807) is 12.1 Å². The fraction of sp³-hybridized carbons (Fsp3) is 0.536. The number of ether oxygens (including phenoxy) is 4. The molecule has 3 saturated heterocycles. The van der Waals surface area contributed by atoms with E-state index >= 15 is 4.39 Å². The molecule has 17 nitrogen and oxygen atoms in total. The zero-order chi connectivity index (χ0) is 52.1. The number of hydrogen-bond acceptors (Lipinski definition) is 15. The molecule has 1 unspecified atom stereocenters. The van der Waals surface area contributed by atoms with Gasteiger partial charge in [-0.2, -0.15) is 4.98 Å². The minimum atomic E-state index is -4.65. The Morgan fingerprint density at radius 1 is 0.987 bits per heavy atom. The summed E-state index contributed by atoms with van der Waals surface area (Å²) < 4.78 is 70.2. The van der Waals surface area contributed by atoms with Gasteiger partial charge in [-0.1, -0.05) is 38.1 Å². The molecule has 5 aromatic rings. The molecule has 3 aromatic carbocycles. The van der Waals surface area contributed by atoms with E-state index in [0.29, 0.717) is 50.6 Å². The second kappa shape index (κ2) is 20.9. The maximum absolute atomic E-state index is 15.2. The van der Waals surface area contributed by atoms with E-state index in [2.05, 4.69) is 78.0 Å². The number of rotatable bonds is 15. The SMILES string of the molecule is CC(C)c1ccccc1C1CCCN1C1CC2(CCN(c3ccc(C(=O)NS(=O)(=O)c4cc(N=O)c5c(c4)OC[C@H]([C@H]4CC[C@](C)(O)CC4)N5)c(Oc4cc5c(F)c[nH]c5nc4OCCN4CCOCC4)c3)CC2)C1. The molecule has 0 radical (unpaired) electrons. The summed E-state index contributed by atoms with van der Waals surface area (Å²) in [5, 5.41) is 17.2. The first kappa shape index (κ1) is 51.3. The summed E-state index contributed by atoms with van der Waals surface area (Å²) in [4.78, 5) is 41.0. The van der Waals surface area contributed by atoms with Gasteiger partial charge in [0.05, 0.1) is 40.7 Å². The minimum Gasteiger partial charge on any atom is -0.489 e. The normalized spacial score (nSPS) is 24.3. The number of piperidine rings is 1. The van der Waals surface area contributed by atoms with Gasteiger partial charge in [0.15, 0.2) is 5.75 Å². The summed E-state index contributed by atoms with van der Waals surface area (Å²) in [5.74, 6) is -0.729. The maximum atomic E-state index is 15.2. The third kappa shape index (κ3) is 10.7. The number of nitroso groups, excluding NO2 is 1. The minimum absolute atomic E-state index is 0.00422. The number of sulfonamides is 1. The first-order valence-corrected chi connectivity index (χ1v) is 28.4. The van der Waals surface area contributed by atoms with Crippen molar-refractivity contribution in [3.8, 4) is 23.1 Å². The first-order valence-electron chi connectivity index (χ1n) is 26.9. The Bertz CT molecular complexity index is 3030. The van der Waals surface area contributed by atoms with Crippen LogP contribution in [-0.2, 0) is 14.8 Å². The van der Waals surface area contributed by atoms with E-state index in [-0.39, 0.29) is 81.7 Å². The quantitative estimate of drug-likeness (QED) is 0.0723. The van der Waals surface area contributed by atoms with E-state index in [4.69, 9.17) is 18.9 Å². The molecule has 75 heavy (non-hydrogen) atoms. The van der Waals surface area contributed by atoms with Crippen molar-refractivity contribution in [3.63, 3.8) is 0 Å². The Kier molecular flexibility index (Phi) is 14.3. The Morgan fingerprint density at radius 2 is 1.76 bits per heavy atom. The lowest BCUT2D eigenvalue weighted by Crippen LogP contribution is -2.54. The highest BCUT2D eigenvalue weighted by Crippen LogP contribution is 2.55. The van der Waals surface area contributed by atoms with Gasteiger partial charge in [-0.05, 0) is 129 Å². The summed E-state index contributed by atoms with van der Waals surface area (Å²) in [6.07, 6.45) is 10.7. The van der Waals surface area contributed by atoms with Gasteiger partial charge in [-0.25, -0.2) is 17.5 Å². The van der Waals surface area contributed by atoms with Crippen LogP contribution in [0.5, 0.6) is 23.1 Å². The highest BCUT2D eigenvalue weighted by atomic mass is 32.2. The highest BCUT2D eigenvalue weighted by molar-refractivity contribution is 7.90. The van der Waals surface area contributed by atoms with Gasteiger partial charge in [0.25, 0.3) is 21.8 Å². The number of likely N-dealkylation sites (tertiary alicyclic amines) is 1. The molecule has 0 bridgehead atoms. The molecule has 2 aliphatic carbocycles. The average molecular weight is 1050 g/mol. The van der Waals surface area contributed by atoms with Crippen molar-refractivity contribution in [1.29, 1.82) is 0 Å². The van der Waals surface area contributed by atoms with Crippen LogP contribution in [0.3, 0.4) is 0 Å². The van der Waals surface area contributed by atoms with Crippen LogP contribution in [0.2, 0.25) is 0 Å². The molecular weight excluding hydrogens is 980 g/mol. The molecule has 6 heterocycles. The fourth-order valence-electron chi connectivity index (χ4n) is 12.7. The van der Waals surface area contributed by atoms with Crippen LogP contribution < -0.4 is 29.1 Å². The molecule has 400 valence electrons. The van der Waals surface area contributed by atoms with Crippen LogP contribution in [0.15, 0.2) is 76.9 Å². The topological polar surface area (TPSA) is 200 Å². The standard InChI is InChI=1S/C56H69FN8O9S/c1-35(2)40-7-4-5-8-41(40)47-9-6-18-65(47)38-31-56(32-38)16-19-64(20-17-56)37-10-11-42(48(27-37)74-50-30-43-44(57)33-58-52(43)60-54(50)72-26-23-63-21-24-71-25-22-63)53(66)62-75(69,70)39-28-45(61-68)51-49(29-39)73-34-46(59-51)36-12-14-55(3,67)15-13-36/h4-5,7-8,10-11,27-30,33,35-36,38,46-47,59,67H,6,9,12-26,31-32,34H2,1-3H3,(H,58,60)(H,62,66)/t36-,46-,47?,55-/m1/s1. The van der Waals surface area contributed by atoms with E-state index < -0.39 is 32.2 Å². The van der Waals surface area contributed by atoms with Gasteiger partial charge in [-0.3, -0.25) is 14.6 Å². The van der Waals surface area contributed by atoms with E-state index in [1.165, 1.54) is 48.4 Å². The number of aromatic amines is 1. The van der Waals surface area contributed by atoms with Crippen LogP contribution in [0.25, 0.3) is 11.0 Å². The van der Waals surface area contributed by atoms with Crippen molar-refractivity contribution < 1.29 is 41.7 Å². The number of halogens is 1. The number of aromatic nitrogens is 2. The van der Waals surface area contributed by atoms with Crippen molar-refractivity contribution in [2.24, 2.45) is 16.5 Å². The molecule has 2 atom stereocenters. The van der Waals surface area contributed by atoms with Crippen LogP contribution >= 0.6 is 0 Å². The van der Waals surface area contributed by atoms with Gasteiger partial charge in [0.1, 0.15) is 47.6 Å². The molecule has 6 aliphatic rings. The number of fused-ring (bicyclic) bond motifs is 2. The predicted octanol–water partition coefficient (Wildman–Crippen LogP) is 9.55. The van der Waals surface area contributed by atoms with Crippen molar-refractivity contribution in [2.45, 2.75) is 120 Å². The first-order chi connectivity index (χ1) is 36.1. The molecule has 5 fully saturated rings. The molecule has 4 aliphatic heterocycles. The van der Waals surface area contributed by atoms with Gasteiger partial charge in [0, 0.05) is 74.9 Å². The number of aliphatic hydroxyl groups is 1. The smallest absolute Gasteiger partial charge is 0.268 e. The van der Waals surface area contributed by atoms with Crippen LogP contribution in [0, 0.1) is 22.1 Å². The molecule has 1 amide bonds. The number of carbonyl (C=O) groups excluding carboxylic acids is 1. The number of amides is 1. The van der Waals surface area contributed by atoms with Gasteiger partial charge >= 0.3 is 0 Å². The second-order valence-corrected chi connectivity index (χ2v) is 24.1. The Morgan fingerprint density at radius 3 is 2.52 bits per heavy atom. The van der Waals surface area contributed by atoms with Crippen LogP contribution in [0.1, 0.15) is 118 Å². The number of nitrogens with one attached hydrogen (secondary N) is 3. The van der Waals surface area contributed by atoms with Gasteiger partial charge < -0.3 is 39.3 Å². The number of nitrogens with zero attached hydrogens (tertiary/aromatic N) is 5. The fourth-order valence-corrected chi connectivity index (χ4v) is 13.7. The number of hydrogen-bond donors (Lipinski definition) is 4.